The molecule has 0 bridgehead atoms. The van der Waals surface area contributed by atoms with Crippen LogP contribution in [0.25, 0.3) is 0 Å². The van der Waals surface area contributed by atoms with Crippen molar-refractivity contribution in [1.82, 2.24) is 4.90 Å². The van der Waals surface area contributed by atoms with E-state index in [4.69, 9.17) is 0 Å². The summed E-state index contributed by atoms with van der Waals surface area (Å²) in [5.41, 5.74) is 4.03. The minimum Gasteiger partial charge on any atom is -0.368 e. The standard InChI is InChI=1S/C26H37N3O/c1-18-13-14-20(29-16-21(17-29)28(4)5)15-24(18)27-25(30)26(2,3)23-12-8-10-19-9-6-7-11-22(19)23/h8,10,12-15,19,21-22H,6-7,9,11,16-17H2,1-5H3,(H,27,30). The lowest BCUT2D eigenvalue weighted by Gasteiger charge is -2.44. The third kappa shape index (κ3) is 3.94. The van der Waals surface area contributed by atoms with Gasteiger partial charge in [0.15, 0.2) is 0 Å². The quantitative estimate of drug-likeness (QED) is 0.745. The molecule has 4 nitrogen and oxygen atoms in total. The van der Waals surface area contributed by atoms with Crippen LogP contribution in [-0.4, -0.2) is 44.0 Å². The normalized spacial score (nSPS) is 24.3. The van der Waals surface area contributed by atoms with Gasteiger partial charge in [-0.1, -0.05) is 42.7 Å². The molecule has 1 aromatic carbocycles. The number of aryl methyl sites for hydroxylation is 1. The Balaban J connectivity index is 1.50. The highest BCUT2D eigenvalue weighted by Gasteiger charge is 2.40. The second kappa shape index (κ2) is 8.22. The van der Waals surface area contributed by atoms with Gasteiger partial charge in [0.25, 0.3) is 0 Å². The van der Waals surface area contributed by atoms with Gasteiger partial charge in [-0.25, -0.2) is 0 Å². The van der Waals surface area contributed by atoms with E-state index in [2.05, 4.69) is 86.4 Å². The third-order valence-corrected chi connectivity index (χ3v) is 7.57. The predicted octanol–water partition coefficient (Wildman–Crippen LogP) is 5.01. The molecule has 162 valence electrons. The fourth-order valence-electron chi connectivity index (χ4n) is 5.22. The highest BCUT2D eigenvalue weighted by molar-refractivity contribution is 5.98. The van der Waals surface area contributed by atoms with Gasteiger partial charge in [-0.2, -0.15) is 0 Å². The summed E-state index contributed by atoms with van der Waals surface area (Å²) in [6.07, 6.45) is 11.8. The topological polar surface area (TPSA) is 35.6 Å². The summed E-state index contributed by atoms with van der Waals surface area (Å²) in [6, 6.07) is 7.05. The molecule has 3 aliphatic rings. The zero-order valence-electron chi connectivity index (χ0n) is 19.2. The maximum Gasteiger partial charge on any atom is 0.234 e. The Bertz CT molecular complexity index is 861. The van der Waals surface area contributed by atoms with E-state index in [0.29, 0.717) is 17.9 Å². The monoisotopic (exact) mass is 407 g/mol. The maximum absolute atomic E-state index is 13.5. The molecule has 2 aliphatic carbocycles. The lowest BCUT2D eigenvalue weighted by atomic mass is 9.65. The number of hydrogen-bond donors (Lipinski definition) is 1. The second-order valence-corrected chi connectivity index (χ2v) is 10.2. The lowest BCUT2D eigenvalue weighted by Crippen LogP contribution is -2.57. The van der Waals surface area contributed by atoms with Crippen molar-refractivity contribution in [2.24, 2.45) is 17.3 Å². The SMILES string of the molecule is Cc1ccc(N2CC(N(C)C)C2)cc1NC(=O)C(C)(C)C1=CC=CC2CCCCC12. The van der Waals surface area contributed by atoms with Gasteiger partial charge >= 0.3 is 0 Å². The van der Waals surface area contributed by atoms with Crippen LogP contribution in [0.2, 0.25) is 0 Å². The van der Waals surface area contributed by atoms with Crippen molar-refractivity contribution in [3.8, 4) is 0 Å². The van der Waals surface area contributed by atoms with Crippen molar-refractivity contribution in [3.63, 3.8) is 0 Å². The van der Waals surface area contributed by atoms with E-state index >= 15 is 0 Å². The van der Waals surface area contributed by atoms with Gasteiger partial charge < -0.3 is 15.1 Å². The first kappa shape index (κ1) is 21.2. The van der Waals surface area contributed by atoms with Crippen molar-refractivity contribution in [2.45, 2.75) is 52.5 Å². The number of likely N-dealkylation sites (N-methyl/N-ethyl adjacent to an activating group) is 1. The van der Waals surface area contributed by atoms with Crippen molar-refractivity contribution < 1.29 is 4.79 Å². The van der Waals surface area contributed by atoms with Gasteiger partial charge in [0.05, 0.1) is 5.41 Å². The Labute approximate surface area is 182 Å². The van der Waals surface area contributed by atoms with Crippen LogP contribution in [0.4, 0.5) is 11.4 Å². The van der Waals surface area contributed by atoms with E-state index in [1.807, 2.05) is 0 Å². The zero-order chi connectivity index (χ0) is 21.5. The number of rotatable bonds is 5. The molecule has 0 spiro atoms. The molecule has 2 atom stereocenters. The summed E-state index contributed by atoms with van der Waals surface area (Å²) in [5.74, 6) is 1.22. The van der Waals surface area contributed by atoms with Crippen molar-refractivity contribution in [2.75, 3.05) is 37.4 Å². The Hall–Kier alpha value is -2.07. The maximum atomic E-state index is 13.5. The summed E-state index contributed by atoms with van der Waals surface area (Å²) in [5, 5.41) is 3.28. The minimum absolute atomic E-state index is 0.100. The number of hydrogen-bond acceptors (Lipinski definition) is 3. The minimum atomic E-state index is -0.514. The highest BCUT2D eigenvalue weighted by Crippen LogP contribution is 2.45. The van der Waals surface area contributed by atoms with Crippen LogP contribution in [0.5, 0.6) is 0 Å². The number of nitrogens with zero attached hydrogens (tertiary/aromatic N) is 2. The first-order valence-corrected chi connectivity index (χ1v) is 11.5. The average Bonchev–Trinajstić information content (AvgIpc) is 2.68. The van der Waals surface area contributed by atoms with Crippen molar-refractivity contribution in [1.29, 1.82) is 0 Å². The van der Waals surface area contributed by atoms with Crippen LogP contribution in [0.15, 0.2) is 42.0 Å². The number of benzene rings is 1. The summed E-state index contributed by atoms with van der Waals surface area (Å²) in [6.45, 7) is 8.34. The molecule has 2 fully saturated rings. The molecule has 1 saturated carbocycles. The number of carbonyl (C=O) groups excluding carboxylic acids is 1. The summed E-state index contributed by atoms with van der Waals surface area (Å²) < 4.78 is 0. The summed E-state index contributed by atoms with van der Waals surface area (Å²) in [7, 11) is 4.27. The molecule has 1 saturated heterocycles. The molecule has 1 heterocycles. The number of nitrogens with one attached hydrogen (secondary N) is 1. The molecule has 4 heteroatoms. The van der Waals surface area contributed by atoms with Crippen molar-refractivity contribution in [3.05, 3.63) is 47.6 Å². The van der Waals surface area contributed by atoms with Crippen LogP contribution >= 0.6 is 0 Å². The molecule has 4 rings (SSSR count). The van der Waals surface area contributed by atoms with E-state index in [1.165, 1.54) is 36.9 Å². The summed E-state index contributed by atoms with van der Waals surface area (Å²) in [4.78, 5) is 18.1. The number of allylic oxidation sites excluding steroid dienone is 3. The molecule has 30 heavy (non-hydrogen) atoms. The number of amides is 1. The Morgan fingerprint density at radius 1 is 1.17 bits per heavy atom. The van der Waals surface area contributed by atoms with Crippen LogP contribution in [0.3, 0.4) is 0 Å². The third-order valence-electron chi connectivity index (χ3n) is 7.57. The van der Waals surface area contributed by atoms with Crippen LogP contribution in [-0.2, 0) is 4.79 Å². The van der Waals surface area contributed by atoms with Gasteiger partial charge in [0, 0.05) is 30.5 Å². The van der Waals surface area contributed by atoms with Crippen LogP contribution < -0.4 is 10.2 Å². The molecular weight excluding hydrogens is 370 g/mol. The number of anilines is 2. The molecular formula is C26H37N3O. The molecule has 1 aromatic rings. The Kier molecular flexibility index (Phi) is 5.80. The van der Waals surface area contributed by atoms with Gasteiger partial charge in [-0.05, 0) is 77.2 Å². The average molecular weight is 408 g/mol. The molecule has 1 amide bonds. The van der Waals surface area contributed by atoms with E-state index < -0.39 is 5.41 Å². The van der Waals surface area contributed by atoms with Crippen LogP contribution in [0, 0.1) is 24.2 Å². The van der Waals surface area contributed by atoms with Crippen LogP contribution in [0.1, 0.15) is 45.1 Å². The molecule has 1 N–H and O–H groups in total. The van der Waals surface area contributed by atoms with E-state index in [0.717, 1.165) is 24.3 Å². The van der Waals surface area contributed by atoms with E-state index in [9.17, 15) is 4.79 Å². The van der Waals surface area contributed by atoms with E-state index in [-0.39, 0.29) is 5.91 Å². The lowest BCUT2D eigenvalue weighted by molar-refractivity contribution is -0.122. The first-order chi connectivity index (χ1) is 14.3. The van der Waals surface area contributed by atoms with Gasteiger partial charge in [0.1, 0.15) is 0 Å². The first-order valence-electron chi connectivity index (χ1n) is 11.5. The fourth-order valence-corrected chi connectivity index (χ4v) is 5.22. The van der Waals surface area contributed by atoms with Crippen molar-refractivity contribution >= 4 is 17.3 Å². The molecule has 1 aliphatic heterocycles. The predicted molar refractivity (Wildman–Crippen MR) is 126 cm³/mol. The fraction of sp³-hybridized carbons (Fsp3) is 0.577. The number of carbonyl (C=O) groups is 1. The molecule has 0 radical (unpaired) electrons. The Morgan fingerprint density at radius 3 is 2.63 bits per heavy atom. The highest BCUT2D eigenvalue weighted by atomic mass is 16.2. The molecule has 0 aromatic heterocycles. The number of fused-ring (bicyclic) bond motifs is 1. The van der Waals surface area contributed by atoms with Gasteiger partial charge in [0.2, 0.25) is 5.91 Å². The second-order valence-electron chi connectivity index (χ2n) is 10.2. The van der Waals surface area contributed by atoms with Gasteiger partial charge in [-0.3, -0.25) is 4.79 Å². The smallest absolute Gasteiger partial charge is 0.234 e. The largest absolute Gasteiger partial charge is 0.368 e. The zero-order valence-corrected chi connectivity index (χ0v) is 19.2. The van der Waals surface area contributed by atoms with Gasteiger partial charge in [-0.15, -0.1) is 0 Å². The Morgan fingerprint density at radius 2 is 1.90 bits per heavy atom. The summed E-state index contributed by atoms with van der Waals surface area (Å²) >= 11 is 0. The van der Waals surface area contributed by atoms with E-state index in [1.54, 1.807) is 0 Å². The molecule has 2 unspecified atom stereocenters.